The van der Waals surface area contributed by atoms with Crippen molar-refractivity contribution in [1.82, 2.24) is 14.9 Å². The summed E-state index contributed by atoms with van der Waals surface area (Å²) in [6.07, 6.45) is 6.85. The molecule has 25 heavy (non-hydrogen) atoms. The molecule has 0 aromatic rings. The van der Waals surface area contributed by atoms with Crippen LogP contribution in [0.5, 0.6) is 0 Å². The van der Waals surface area contributed by atoms with Crippen LogP contribution >= 0.6 is 0 Å². The number of ether oxygens (including phenoxy) is 1. The summed E-state index contributed by atoms with van der Waals surface area (Å²) in [5.74, 6) is 1.03. The third kappa shape index (κ3) is 6.11. The standard InChI is InChI=1S/C17H34N4O3S/c1-3-24-13-9-17(7-4-5-8-17)15-20-16(18-2)19-10-12-21-11-6-14-25(21,22)23/h3-15H2,1-2H3,(H2,18,19,20). The molecule has 2 aliphatic rings. The number of hydrogen-bond donors (Lipinski definition) is 2. The van der Waals surface area contributed by atoms with Crippen molar-refractivity contribution >= 4 is 16.0 Å². The maximum absolute atomic E-state index is 11.8. The van der Waals surface area contributed by atoms with Crippen LogP contribution in [-0.4, -0.2) is 70.9 Å². The van der Waals surface area contributed by atoms with Crippen molar-refractivity contribution in [3.63, 3.8) is 0 Å². The number of nitrogens with zero attached hydrogens (tertiary/aromatic N) is 2. The second kappa shape index (κ2) is 9.73. The van der Waals surface area contributed by atoms with Gasteiger partial charge < -0.3 is 15.4 Å². The Bertz CT molecular complexity index is 530. The van der Waals surface area contributed by atoms with E-state index in [1.165, 1.54) is 25.7 Å². The fourth-order valence-electron chi connectivity index (χ4n) is 3.81. The van der Waals surface area contributed by atoms with E-state index in [4.69, 9.17) is 4.74 Å². The number of sulfonamides is 1. The molecule has 0 bridgehead atoms. The number of hydrogen-bond acceptors (Lipinski definition) is 4. The van der Waals surface area contributed by atoms with E-state index in [2.05, 4.69) is 15.6 Å². The van der Waals surface area contributed by atoms with Crippen LogP contribution in [-0.2, 0) is 14.8 Å². The highest BCUT2D eigenvalue weighted by atomic mass is 32.2. The molecule has 0 aromatic carbocycles. The highest BCUT2D eigenvalue weighted by Crippen LogP contribution is 2.40. The molecule has 0 aromatic heterocycles. The summed E-state index contributed by atoms with van der Waals surface area (Å²) in [6.45, 7) is 6.22. The van der Waals surface area contributed by atoms with Crippen molar-refractivity contribution in [2.75, 3.05) is 52.2 Å². The fourth-order valence-corrected chi connectivity index (χ4v) is 5.34. The van der Waals surface area contributed by atoms with Crippen LogP contribution < -0.4 is 10.6 Å². The first kappa shape index (κ1) is 20.5. The molecule has 0 atom stereocenters. The van der Waals surface area contributed by atoms with Crippen molar-refractivity contribution in [2.24, 2.45) is 10.4 Å². The van der Waals surface area contributed by atoms with Gasteiger partial charge in [-0.25, -0.2) is 12.7 Å². The summed E-state index contributed by atoms with van der Waals surface area (Å²) in [5, 5.41) is 6.68. The number of aliphatic imine (C=N–C) groups is 1. The van der Waals surface area contributed by atoms with E-state index in [0.717, 1.165) is 38.6 Å². The highest BCUT2D eigenvalue weighted by Gasteiger charge is 2.33. The lowest BCUT2D eigenvalue weighted by Crippen LogP contribution is -2.45. The maximum atomic E-state index is 11.8. The van der Waals surface area contributed by atoms with Crippen LogP contribution in [0, 0.1) is 5.41 Å². The van der Waals surface area contributed by atoms with Crippen molar-refractivity contribution in [3.8, 4) is 0 Å². The van der Waals surface area contributed by atoms with Gasteiger partial charge >= 0.3 is 0 Å². The van der Waals surface area contributed by atoms with Gasteiger partial charge in [0.15, 0.2) is 5.96 Å². The molecular formula is C17H34N4O3S. The minimum Gasteiger partial charge on any atom is -0.382 e. The van der Waals surface area contributed by atoms with E-state index in [0.29, 0.717) is 25.0 Å². The van der Waals surface area contributed by atoms with Gasteiger partial charge in [-0.05, 0) is 38.0 Å². The fraction of sp³-hybridized carbons (Fsp3) is 0.941. The third-order valence-electron chi connectivity index (χ3n) is 5.36. The molecule has 1 aliphatic carbocycles. The van der Waals surface area contributed by atoms with Gasteiger partial charge in [-0.2, -0.15) is 0 Å². The Morgan fingerprint density at radius 2 is 2.00 bits per heavy atom. The molecular weight excluding hydrogens is 340 g/mol. The quantitative estimate of drug-likeness (QED) is 0.360. The Hall–Kier alpha value is -0.860. The topological polar surface area (TPSA) is 83.0 Å². The van der Waals surface area contributed by atoms with Crippen LogP contribution in [0.1, 0.15) is 45.4 Å². The van der Waals surface area contributed by atoms with Gasteiger partial charge in [0.1, 0.15) is 0 Å². The molecule has 0 unspecified atom stereocenters. The van der Waals surface area contributed by atoms with Crippen molar-refractivity contribution in [1.29, 1.82) is 0 Å². The largest absolute Gasteiger partial charge is 0.382 e. The lowest BCUT2D eigenvalue weighted by atomic mass is 9.83. The van der Waals surface area contributed by atoms with Crippen LogP contribution in [0.4, 0.5) is 0 Å². The Morgan fingerprint density at radius 1 is 1.24 bits per heavy atom. The first-order valence-corrected chi connectivity index (χ1v) is 11.1. The molecule has 0 spiro atoms. The molecule has 1 heterocycles. The Kier molecular flexibility index (Phi) is 7.96. The van der Waals surface area contributed by atoms with Gasteiger partial charge in [0.25, 0.3) is 0 Å². The van der Waals surface area contributed by atoms with Crippen LogP contribution in [0.15, 0.2) is 4.99 Å². The number of rotatable bonds is 9. The first-order chi connectivity index (χ1) is 12.0. The first-order valence-electron chi connectivity index (χ1n) is 9.51. The number of nitrogens with one attached hydrogen (secondary N) is 2. The minimum absolute atomic E-state index is 0.280. The van der Waals surface area contributed by atoms with E-state index in [9.17, 15) is 8.42 Å². The zero-order chi connectivity index (χ0) is 18.2. The Balaban J connectivity index is 1.75. The van der Waals surface area contributed by atoms with Gasteiger partial charge in [0.2, 0.25) is 10.0 Å². The van der Waals surface area contributed by atoms with Gasteiger partial charge in [-0.15, -0.1) is 0 Å². The van der Waals surface area contributed by atoms with E-state index in [1.54, 1.807) is 11.4 Å². The van der Waals surface area contributed by atoms with Crippen LogP contribution in [0.2, 0.25) is 0 Å². The molecule has 146 valence electrons. The van der Waals surface area contributed by atoms with Crippen molar-refractivity contribution in [3.05, 3.63) is 0 Å². The van der Waals surface area contributed by atoms with E-state index >= 15 is 0 Å². The predicted molar refractivity (Wildman–Crippen MR) is 101 cm³/mol. The van der Waals surface area contributed by atoms with Gasteiger partial charge in [0.05, 0.1) is 5.75 Å². The summed E-state index contributed by atoms with van der Waals surface area (Å²) in [7, 11) is -1.27. The van der Waals surface area contributed by atoms with Gasteiger partial charge in [-0.3, -0.25) is 4.99 Å². The molecule has 2 N–H and O–H groups in total. The molecule has 0 amide bonds. The van der Waals surface area contributed by atoms with Crippen molar-refractivity contribution in [2.45, 2.75) is 45.4 Å². The van der Waals surface area contributed by atoms with Gasteiger partial charge in [0, 0.05) is 46.4 Å². The van der Waals surface area contributed by atoms with E-state index in [1.807, 2.05) is 6.92 Å². The SMILES string of the molecule is CCOCCC1(CNC(=NC)NCCN2CCCS2(=O)=O)CCCC1. The Morgan fingerprint density at radius 3 is 2.60 bits per heavy atom. The summed E-state index contributed by atoms with van der Waals surface area (Å²) in [6, 6.07) is 0. The number of guanidine groups is 1. The summed E-state index contributed by atoms with van der Waals surface area (Å²) in [5.41, 5.74) is 0.297. The molecule has 2 fully saturated rings. The highest BCUT2D eigenvalue weighted by molar-refractivity contribution is 7.89. The predicted octanol–water partition coefficient (Wildman–Crippen LogP) is 1.17. The van der Waals surface area contributed by atoms with Crippen LogP contribution in [0.3, 0.4) is 0 Å². The third-order valence-corrected chi connectivity index (χ3v) is 7.31. The lowest BCUT2D eigenvalue weighted by Gasteiger charge is -2.30. The summed E-state index contributed by atoms with van der Waals surface area (Å²) in [4.78, 5) is 4.27. The van der Waals surface area contributed by atoms with Gasteiger partial charge in [-0.1, -0.05) is 12.8 Å². The molecule has 7 nitrogen and oxygen atoms in total. The average molecular weight is 375 g/mol. The van der Waals surface area contributed by atoms with Crippen LogP contribution in [0.25, 0.3) is 0 Å². The van der Waals surface area contributed by atoms with Crippen molar-refractivity contribution < 1.29 is 13.2 Å². The minimum atomic E-state index is -3.02. The molecule has 8 heteroatoms. The molecule has 2 rings (SSSR count). The summed E-state index contributed by atoms with van der Waals surface area (Å²) >= 11 is 0. The zero-order valence-corrected chi connectivity index (χ0v) is 16.5. The monoisotopic (exact) mass is 374 g/mol. The Labute approximate surface area is 152 Å². The molecule has 1 saturated heterocycles. The van der Waals surface area contributed by atoms with E-state index in [-0.39, 0.29) is 5.75 Å². The smallest absolute Gasteiger partial charge is 0.214 e. The second-order valence-corrected chi connectivity index (χ2v) is 9.16. The normalized spacial score (nSPS) is 23.0. The second-order valence-electron chi connectivity index (χ2n) is 7.08. The summed E-state index contributed by atoms with van der Waals surface area (Å²) < 4.78 is 30.8. The molecule has 1 aliphatic heterocycles. The maximum Gasteiger partial charge on any atom is 0.214 e. The average Bonchev–Trinajstić information content (AvgIpc) is 3.18. The molecule has 1 saturated carbocycles. The molecule has 0 radical (unpaired) electrons. The lowest BCUT2D eigenvalue weighted by molar-refractivity contribution is 0.105. The zero-order valence-electron chi connectivity index (χ0n) is 15.7. The van der Waals surface area contributed by atoms with E-state index < -0.39 is 10.0 Å².